The van der Waals surface area contributed by atoms with E-state index in [1.807, 2.05) is 32.9 Å². The number of aryl methyl sites for hydroxylation is 2. The number of benzene rings is 2. The SMILES string of the molecule is CCCOC(=O)c1ccc(OC(=O)COc2c(C)cc(Br)cc2C)cc1. The van der Waals surface area contributed by atoms with Crippen molar-refractivity contribution in [1.29, 1.82) is 0 Å². The van der Waals surface area contributed by atoms with Gasteiger partial charge in [0.15, 0.2) is 6.61 Å². The van der Waals surface area contributed by atoms with Gasteiger partial charge in [0.25, 0.3) is 0 Å². The van der Waals surface area contributed by atoms with E-state index in [-0.39, 0.29) is 6.61 Å². The Kier molecular flexibility index (Phi) is 7.21. The molecule has 0 saturated carbocycles. The largest absolute Gasteiger partial charge is 0.481 e. The second-order valence-corrected chi connectivity index (χ2v) is 6.71. The Morgan fingerprint density at radius 1 is 1.04 bits per heavy atom. The van der Waals surface area contributed by atoms with E-state index in [4.69, 9.17) is 14.2 Å². The Labute approximate surface area is 161 Å². The Morgan fingerprint density at radius 3 is 2.23 bits per heavy atom. The number of hydrogen-bond donors (Lipinski definition) is 0. The molecular weight excluding hydrogens is 400 g/mol. The average molecular weight is 421 g/mol. The molecule has 2 rings (SSSR count). The molecule has 0 atom stereocenters. The molecule has 0 saturated heterocycles. The van der Waals surface area contributed by atoms with E-state index in [0.717, 1.165) is 22.0 Å². The zero-order chi connectivity index (χ0) is 19.1. The molecule has 2 aromatic rings. The van der Waals surface area contributed by atoms with Crippen molar-refractivity contribution in [2.75, 3.05) is 13.2 Å². The van der Waals surface area contributed by atoms with Gasteiger partial charge in [-0.3, -0.25) is 0 Å². The zero-order valence-corrected chi connectivity index (χ0v) is 16.6. The first-order valence-corrected chi connectivity index (χ1v) is 9.07. The summed E-state index contributed by atoms with van der Waals surface area (Å²) in [4.78, 5) is 23.7. The molecule has 0 aromatic heterocycles. The minimum absolute atomic E-state index is 0.205. The van der Waals surface area contributed by atoms with Gasteiger partial charge in [0, 0.05) is 4.47 Å². The normalized spacial score (nSPS) is 10.3. The van der Waals surface area contributed by atoms with E-state index in [1.54, 1.807) is 24.3 Å². The number of carbonyl (C=O) groups excluding carboxylic acids is 2. The van der Waals surface area contributed by atoms with Crippen molar-refractivity contribution in [3.8, 4) is 11.5 Å². The third-order valence-electron chi connectivity index (χ3n) is 3.52. The molecular formula is C20H21BrO5. The minimum Gasteiger partial charge on any atom is -0.481 e. The van der Waals surface area contributed by atoms with Crippen molar-refractivity contribution >= 4 is 27.9 Å². The van der Waals surface area contributed by atoms with Gasteiger partial charge in [-0.05, 0) is 67.8 Å². The van der Waals surface area contributed by atoms with Crippen molar-refractivity contribution < 1.29 is 23.8 Å². The van der Waals surface area contributed by atoms with Gasteiger partial charge < -0.3 is 14.2 Å². The fourth-order valence-electron chi connectivity index (χ4n) is 2.35. The third-order valence-corrected chi connectivity index (χ3v) is 3.98. The van der Waals surface area contributed by atoms with Crippen LogP contribution in [-0.4, -0.2) is 25.2 Å². The molecule has 0 fully saturated rings. The van der Waals surface area contributed by atoms with Gasteiger partial charge in [-0.25, -0.2) is 9.59 Å². The topological polar surface area (TPSA) is 61.8 Å². The molecule has 0 unspecified atom stereocenters. The van der Waals surface area contributed by atoms with Gasteiger partial charge in [0.05, 0.1) is 12.2 Å². The molecule has 138 valence electrons. The van der Waals surface area contributed by atoms with E-state index in [9.17, 15) is 9.59 Å². The number of halogens is 1. The highest BCUT2D eigenvalue weighted by Gasteiger charge is 2.12. The number of rotatable bonds is 7. The molecule has 0 aliphatic heterocycles. The molecule has 2 aromatic carbocycles. The van der Waals surface area contributed by atoms with Crippen LogP contribution in [0.4, 0.5) is 0 Å². The van der Waals surface area contributed by atoms with Crippen LogP contribution in [0.3, 0.4) is 0 Å². The monoisotopic (exact) mass is 420 g/mol. The first-order valence-electron chi connectivity index (χ1n) is 8.28. The van der Waals surface area contributed by atoms with Crippen molar-refractivity contribution in [2.24, 2.45) is 0 Å². The van der Waals surface area contributed by atoms with Crippen LogP contribution in [-0.2, 0) is 9.53 Å². The van der Waals surface area contributed by atoms with E-state index < -0.39 is 11.9 Å². The summed E-state index contributed by atoms with van der Waals surface area (Å²) in [7, 11) is 0. The quantitative estimate of drug-likeness (QED) is 0.483. The van der Waals surface area contributed by atoms with Crippen molar-refractivity contribution in [3.63, 3.8) is 0 Å². The van der Waals surface area contributed by atoms with Gasteiger partial charge in [-0.2, -0.15) is 0 Å². The Bertz CT molecular complexity index is 760. The van der Waals surface area contributed by atoms with Crippen molar-refractivity contribution in [1.82, 2.24) is 0 Å². The van der Waals surface area contributed by atoms with Gasteiger partial charge in [0.2, 0.25) is 0 Å². The molecule has 26 heavy (non-hydrogen) atoms. The Morgan fingerprint density at radius 2 is 1.65 bits per heavy atom. The minimum atomic E-state index is -0.520. The maximum Gasteiger partial charge on any atom is 0.349 e. The summed E-state index contributed by atoms with van der Waals surface area (Å²) in [5, 5.41) is 0. The summed E-state index contributed by atoms with van der Waals surface area (Å²) in [5.41, 5.74) is 2.27. The van der Waals surface area contributed by atoms with Crippen LogP contribution in [0.15, 0.2) is 40.9 Å². The van der Waals surface area contributed by atoms with E-state index in [2.05, 4.69) is 15.9 Å². The van der Waals surface area contributed by atoms with E-state index in [1.165, 1.54) is 0 Å². The Hall–Kier alpha value is -2.34. The summed E-state index contributed by atoms with van der Waals surface area (Å²) >= 11 is 3.42. The van der Waals surface area contributed by atoms with Crippen LogP contribution in [0.5, 0.6) is 11.5 Å². The van der Waals surface area contributed by atoms with Crippen molar-refractivity contribution in [2.45, 2.75) is 27.2 Å². The fourth-order valence-corrected chi connectivity index (χ4v) is 3.04. The molecule has 0 radical (unpaired) electrons. The molecule has 0 aliphatic carbocycles. The lowest BCUT2D eigenvalue weighted by atomic mass is 10.1. The van der Waals surface area contributed by atoms with E-state index in [0.29, 0.717) is 23.7 Å². The van der Waals surface area contributed by atoms with Crippen LogP contribution >= 0.6 is 15.9 Å². The second kappa shape index (κ2) is 9.38. The standard InChI is InChI=1S/C20H21BrO5/c1-4-9-24-20(23)15-5-7-17(8-6-15)26-18(22)12-25-19-13(2)10-16(21)11-14(19)3/h5-8,10-11H,4,9,12H2,1-3H3. The van der Waals surface area contributed by atoms with Crippen LogP contribution in [0.25, 0.3) is 0 Å². The second-order valence-electron chi connectivity index (χ2n) is 5.79. The first kappa shape index (κ1) is 20.0. The smallest absolute Gasteiger partial charge is 0.349 e. The van der Waals surface area contributed by atoms with Gasteiger partial charge in [-0.1, -0.05) is 22.9 Å². The summed E-state index contributed by atoms with van der Waals surface area (Å²) < 4.78 is 16.8. The molecule has 0 amide bonds. The van der Waals surface area contributed by atoms with Crippen molar-refractivity contribution in [3.05, 3.63) is 57.6 Å². The van der Waals surface area contributed by atoms with Crippen LogP contribution < -0.4 is 9.47 Å². The first-order chi connectivity index (χ1) is 12.4. The van der Waals surface area contributed by atoms with Gasteiger partial charge in [-0.15, -0.1) is 0 Å². The molecule has 0 heterocycles. The molecule has 6 heteroatoms. The summed E-state index contributed by atoms with van der Waals surface area (Å²) in [6.07, 6.45) is 0.763. The average Bonchev–Trinajstić information content (AvgIpc) is 2.59. The van der Waals surface area contributed by atoms with Crippen LogP contribution in [0.1, 0.15) is 34.8 Å². The predicted molar refractivity (Wildman–Crippen MR) is 102 cm³/mol. The highest BCUT2D eigenvalue weighted by atomic mass is 79.9. The summed E-state index contributed by atoms with van der Waals surface area (Å²) in [6.45, 7) is 5.92. The third kappa shape index (κ3) is 5.59. The molecule has 5 nitrogen and oxygen atoms in total. The Balaban J connectivity index is 1.91. The predicted octanol–water partition coefficient (Wildman–Crippen LogP) is 4.62. The highest BCUT2D eigenvalue weighted by Crippen LogP contribution is 2.27. The zero-order valence-electron chi connectivity index (χ0n) is 15.0. The summed E-state index contributed by atoms with van der Waals surface area (Å²) in [5.74, 6) is 0.0938. The number of ether oxygens (including phenoxy) is 3. The molecule has 0 spiro atoms. The number of hydrogen-bond acceptors (Lipinski definition) is 5. The lowest BCUT2D eigenvalue weighted by molar-refractivity contribution is -0.136. The maximum absolute atomic E-state index is 12.0. The van der Waals surface area contributed by atoms with Gasteiger partial charge in [0.1, 0.15) is 11.5 Å². The molecule has 0 bridgehead atoms. The highest BCUT2D eigenvalue weighted by molar-refractivity contribution is 9.10. The van der Waals surface area contributed by atoms with Crippen LogP contribution in [0.2, 0.25) is 0 Å². The van der Waals surface area contributed by atoms with Crippen LogP contribution in [0, 0.1) is 13.8 Å². The molecule has 0 N–H and O–H groups in total. The number of carbonyl (C=O) groups is 2. The van der Waals surface area contributed by atoms with E-state index >= 15 is 0 Å². The lowest BCUT2D eigenvalue weighted by Gasteiger charge is -2.12. The number of esters is 2. The lowest BCUT2D eigenvalue weighted by Crippen LogP contribution is -2.18. The maximum atomic E-state index is 12.0. The summed E-state index contributed by atoms with van der Waals surface area (Å²) in [6, 6.07) is 10.1. The molecule has 0 aliphatic rings. The van der Waals surface area contributed by atoms with Gasteiger partial charge >= 0.3 is 11.9 Å². The fraction of sp³-hybridized carbons (Fsp3) is 0.300.